The first kappa shape index (κ1) is 15.9. The van der Waals surface area contributed by atoms with Gasteiger partial charge in [-0.2, -0.15) is 0 Å². The predicted molar refractivity (Wildman–Crippen MR) is 87.1 cm³/mol. The molecule has 130 valence electrons. The van der Waals surface area contributed by atoms with Crippen molar-refractivity contribution in [2.45, 2.75) is 50.7 Å². The van der Waals surface area contributed by atoms with E-state index >= 15 is 0 Å². The Balaban J connectivity index is 1.22. The van der Waals surface area contributed by atoms with Crippen LogP contribution in [0.2, 0.25) is 0 Å². The predicted octanol–water partition coefficient (Wildman–Crippen LogP) is 1.42. The van der Waals surface area contributed by atoms with Gasteiger partial charge in [-0.1, -0.05) is 0 Å². The molecule has 4 fully saturated rings. The normalized spacial score (nSPS) is 35.9. The molecule has 0 radical (unpaired) electrons. The standard InChI is InChI=1S/C18H30N2O3/c21-18(19-10-13-4-7-22-8-5-13)16-9-15-3-6-20(11-14-1-2-14)12-17(15)23-16/h13-17H,1-12H2,(H,19,21)/t15-,16+,17+/m0/s1. The molecular formula is C18H30N2O3. The molecule has 0 spiro atoms. The maximum absolute atomic E-state index is 12.4. The van der Waals surface area contributed by atoms with Crippen molar-refractivity contribution in [1.82, 2.24) is 10.2 Å². The van der Waals surface area contributed by atoms with Crippen LogP contribution in [0.3, 0.4) is 0 Å². The average molecular weight is 322 g/mol. The fraction of sp³-hybridized carbons (Fsp3) is 0.944. The lowest BCUT2D eigenvalue weighted by molar-refractivity contribution is -0.133. The van der Waals surface area contributed by atoms with Gasteiger partial charge < -0.3 is 19.7 Å². The van der Waals surface area contributed by atoms with Gasteiger partial charge in [-0.3, -0.25) is 4.79 Å². The van der Waals surface area contributed by atoms with E-state index in [2.05, 4.69) is 10.2 Å². The summed E-state index contributed by atoms with van der Waals surface area (Å²) in [6.45, 7) is 5.92. The van der Waals surface area contributed by atoms with Gasteiger partial charge in [0, 0.05) is 32.8 Å². The SMILES string of the molecule is O=C(NCC1CCOCC1)[C@H]1C[C@@H]2CCN(CC3CC3)C[C@H]2O1. The Morgan fingerprint density at radius 3 is 2.70 bits per heavy atom. The summed E-state index contributed by atoms with van der Waals surface area (Å²) >= 11 is 0. The Hall–Kier alpha value is -0.650. The van der Waals surface area contributed by atoms with E-state index in [4.69, 9.17) is 9.47 Å². The number of hydrogen-bond donors (Lipinski definition) is 1. The van der Waals surface area contributed by atoms with E-state index in [1.54, 1.807) is 0 Å². The summed E-state index contributed by atoms with van der Waals surface area (Å²) in [6, 6.07) is 0. The zero-order chi connectivity index (χ0) is 15.6. The fourth-order valence-electron chi connectivity index (χ4n) is 4.30. The Morgan fingerprint density at radius 2 is 1.91 bits per heavy atom. The lowest BCUT2D eigenvalue weighted by Gasteiger charge is -2.34. The minimum atomic E-state index is -0.217. The summed E-state index contributed by atoms with van der Waals surface area (Å²) in [6.07, 6.45) is 7.11. The highest BCUT2D eigenvalue weighted by molar-refractivity contribution is 5.81. The molecule has 23 heavy (non-hydrogen) atoms. The first-order valence-electron chi connectivity index (χ1n) is 9.51. The second-order valence-electron chi connectivity index (χ2n) is 7.95. The van der Waals surface area contributed by atoms with Crippen LogP contribution < -0.4 is 5.32 Å². The molecule has 3 heterocycles. The van der Waals surface area contributed by atoms with Gasteiger partial charge in [-0.25, -0.2) is 0 Å². The molecule has 5 heteroatoms. The van der Waals surface area contributed by atoms with Crippen LogP contribution >= 0.6 is 0 Å². The van der Waals surface area contributed by atoms with Crippen LogP contribution in [0, 0.1) is 17.8 Å². The second-order valence-corrected chi connectivity index (χ2v) is 7.95. The molecule has 5 nitrogen and oxygen atoms in total. The number of hydrogen-bond acceptors (Lipinski definition) is 4. The quantitative estimate of drug-likeness (QED) is 0.832. The topological polar surface area (TPSA) is 50.8 Å². The molecule has 0 aromatic rings. The number of likely N-dealkylation sites (tertiary alicyclic amines) is 1. The van der Waals surface area contributed by atoms with Crippen molar-refractivity contribution in [3.8, 4) is 0 Å². The summed E-state index contributed by atoms with van der Waals surface area (Å²) in [7, 11) is 0. The molecule has 3 aliphatic heterocycles. The third kappa shape index (κ3) is 4.06. The van der Waals surface area contributed by atoms with Crippen molar-refractivity contribution in [3.63, 3.8) is 0 Å². The summed E-state index contributed by atoms with van der Waals surface area (Å²) in [5.74, 6) is 2.21. The van der Waals surface area contributed by atoms with E-state index in [0.717, 1.165) is 51.5 Å². The van der Waals surface area contributed by atoms with Crippen molar-refractivity contribution in [3.05, 3.63) is 0 Å². The highest BCUT2D eigenvalue weighted by atomic mass is 16.5. The molecule has 0 bridgehead atoms. The van der Waals surface area contributed by atoms with Crippen LogP contribution in [-0.4, -0.2) is 62.4 Å². The summed E-state index contributed by atoms with van der Waals surface area (Å²) in [4.78, 5) is 15.0. The van der Waals surface area contributed by atoms with Crippen molar-refractivity contribution < 1.29 is 14.3 Å². The molecular weight excluding hydrogens is 292 g/mol. The molecule has 1 aliphatic carbocycles. The van der Waals surface area contributed by atoms with Crippen LogP contribution in [0.15, 0.2) is 0 Å². The Labute approximate surface area is 139 Å². The Bertz CT molecular complexity index is 420. The number of carbonyl (C=O) groups is 1. The van der Waals surface area contributed by atoms with Gasteiger partial charge in [0.1, 0.15) is 6.10 Å². The number of rotatable bonds is 5. The lowest BCUT2D eigenvalue weighted by Crippen LogP contribution is -2.43. The summed E-state index contributed by atoms with van der Waals surface area (Å²) in [5, 5.41) is 3.12. The molecule has 4 rings (SSSR count). The van der Waals surface area contributed by atoms with Gasteiger partial charge in [-0.05, 0) is 62.8 Å². The highest BCUT2D eigenvalue weighted by Crippen LogP contribution is 2.36. The number of nitrogens with zero attached hydrogens (tertiary/aromatic N) is 1. The second kappa shape index (κ2) is 7.08. The van der Waals surface area contributed by atoms with E-state index in [0.29, 0.717) is 11.8 Å². The molecule has 4 aliphatic rings. The number of ether oxygens (including phenoxy) is 2. The van der Waals surface area contributed by atoms with Crippen molar-refractivity contribution in [2.24, 2.45) is 17.8 Å². The zero-order valence-electron chi connectivity index (χ0n) is 14.0. The van der Waals surface area contributed by atoms with Gasteiger partial charge in [0.25, 0.3) is 0 Å². The van der Waals surface area contributed by atoms with E-state index in [1.165, 1.54) is 32.4 Å². The summed E-state index contributed by atoms with van der Waals surface area (Å²) < 4.78 is 11.5. The van der Waals surface area contributed by atoms with E-state index in [-0.39, 0.29) is 18.1 Å². The van der Waals surface area contributed by atoms with E-state index in [1.807, 2.05) is 0 Å². The first-order chi connectivity index (χ1) is 11.3. The molecule has 3 atom stereocenters. The van der Waals surface area contributed by atoms with Crippen LogP contribution in [0.5, 0.6) is 0 Å². The Kier molecular flexibility index (Phi) is 4.88. The van der Waals surface area contributed by atoms with Gasteiger partial charge in [0.15, 0.2) is 0 Å². The van der Waals surface area contributed by atoms with Crippen molar-refractivity contribution >= 4 is 5.91 Å². The van der Waals surface area contributed by atoms with Crippen LogP contribution in [0.4, 0.5) is 0 Å². The van der Waals surface area contributed by atoms with Crippen molar-refractivity contribution in [1.29, 1.82) is 0 Å². The average Bonchev–Trinajstić information content (AvgIpc) is 3.29. The number of carbonyl (C=O) groups excluding carboxylic acids is 1. The van der Waals surface area contributed by atoms with Gasteiger partial charge in [-0.15, -0.1) is 0 Å². The van der Waals surface area contributed by atoms with E-state index < -0.39 is 0 Å². The van der Waals surface area contributed by atoms with Crippen LogP contribution in [-0.2, 0) is 14.3 Å². The molecule has 1 N–H and O–H groups in total. The number of amides is 1. The monoisotopic (exact) mass is 322 g/mol. The lowest BCUT2D eigenvalue weighted by atomic mass is 9.91. The van der Waals surface area contributed by atoms with Crippen LogP contribution in [0.25, 0.3) is 0 Å². The van der Waals surface area contributed by atoms with Gasteiger partial charge >= 0.3 is 0 Å². The minimum absolute atomic E-state index is 0.111. The maximum Gasteiger partial charge on any atom is 0.249 e. The smallest absolute Gasteiger partial charge is 0.249 e. The fourth-order valence-corrected chi connectivity index (χ4v) is 4.30. The summed E-state index contributed by atoms with van der Waals surface area (Å²) in [5.41, 5.74) is 0. The maximum atomic E-state index is 12.4. The largest absolute Gasteiger partial charge is 0.381 e. The molecule has 1 saturated carbocycles. The molecule has 0 unspecified atom stereocenters. The molecule has 0 aromatic heterocycles. The number of nitrogens with one attached hydrogen (secondary N) is 1. The van der Waals surface area contributed by atoms with E-state index in [9.17, 15) is 4.79 Å². The highest BCUT2D eigenvalue weighted by Gasteiger charge is 2.42. The Morgan fingerprint density at radius 1 is 1.09 bits per heavy atom. The third-order valence-corrected chi connectivity index (χ3v) is 6.05. The molecule has 3 saturated heterocycles. The zero-order valence-corrected chi connectivity index (χ0v) is 14.0. The molecule has 0 aromatic carbocycles. The van der Waals surface area contributed by atoms with Crippen molar-refractivity contribution in [2.75, 3.05) is 39.4 Å². The number of piperidine rings is 1. The third-order valence-electron chi connectivity index (χ3n) is 6.05. The minimum Gasteiger partial charge on any atom is -0.381 e. The van der Waals surface area contributed by atoms with Gasteiger partial charge in [0.2, 0.25) is 5.91 Å². The van der Waals surface area contributed by atoms with Gasteiger partial charge in [0.05, 0.1) is 6.10 Å². The van der Waals surface area contributed by atoms with Crippen LogP contribution in [0.1, 0.15) is 38.5 Å². The first-order valence-corrected chi connectivity index (χ1v) is 9.51. The number of fused-ring (bicyclic) bond motifs is 1. The molecule has 1 amide bonds.